The number of hydrogen-bond donors (Lipinski definition) is 2. The van der Waals surface area contributed by atoms with E-state index in [0.29, 0.717) is 0 Å². The van der Waals surface area contributed by atoms with Crippen LogP contribution in [0.4, 0.5) is 17.1 Å². The van der Waals surface area contributed by atoms with Gasteiger partial charge in [0.05, 0.1) is 12.8 Å². The van der Waals surface area contributed by atoms with E-state index in [-0.39, 0.29) is 0 Å². The van der Waals surface area contributed by atoms with Gasteiger partial charge in [-0.25, -0.2) is 0 Å². The molecule has 0 unspecified atom stereocenters. The highest BCUT2D eigenvalue weighted by Crippen LogP contribution is 2.27. The highest BCUT2D eigenvalue weighted by atomic mass is 16.5. The van der Waals surface area contributed by atoms with E-state index in [1.165, 1.54) is 0 Å². The number of nitrogens with one attached hydrogen (secondary N) is 2. The number of methoxy groups -OCH3 is 1. The molecule has 2 aromatic carbocycles. The van der Waals surface area contributed by atoms with Gasteiger partial charge >= 0.3 is 0 Å². The zero-order chi connectivity index (χ0) is 12.1. The molecule has 0 amide bonds. The van der Waals surface area contributed by atoms with Crippen LogP contribution in [0.5, 0.6) is 5.75 Å². The van der Waals surface area contributed by atoms with E-state index in [9.17, 15) is 0 Å². The Hall–Kier alpha value is -2.16. The fourth-order valence-electron chi connectivity index (χ4n) is 1.62. The molecule has 0 fully saturated rings. The Morgan fingerprint density at radius 1 is 0.882 bits per heavy atom. The Morgan fingerprint density at radius 3 is 2.18 bits per heavy atom. The number of ether oxygens (including phenoxy) is 1. The fraction of sp³-hybridized carbons (Fsp3) is 0.143. The third-order valence-electron chi connectivity index (χ3n) is 2.56. The highest BCUT2D eigenvalue weighted by molar-refractivity contribution is 5.67. The number of benzene rings is 2. The lowest BCUT2D eigenvalue weighted by atomic mass is 10.2. The molecular formula is C14H16N2O. The van der Waals surface area contributed by atoms with E-state index in [0.717, 1.165) is 22.8 Å². The van der Waals surface area contributed by atoms with E-state index < -0.39 is 0 Å². The van der Waals surface area contributed by atoms with Crippen LogP contribution >= 0.6 is 0 Å². The molecule has 0 heterocycles. The number of anilines is 3. The first-order valence-electron chi connectivity index (χ1n) is 5.51. The van der Waals surface area contributed by atoms with Gasteiger partial charge in [0.2, 0.25) is 0 Å². The average Bonchev–Trinajstić information content (AvgIpc) is 2.40. The number of para-hydroxylation sites is 2. The monoisotopic (exact) mass is 228 g/mol. The maximum atomic E-state index is 5.29. The van der Waals surface area contributed by atoms with Crippen molar-refractivity contribution in [2.45, 2.75) is 0 Å². The van der Waals surface area contributed by atoms with E-state index in [1.54, 1.807) is 7.11 Å². The van der Waals surface area contributed by atoms with Crippen molar-refractivity contribution in [2.75, 3.05) is 24.8 Å². The summed E-state index contributed by atoms with van der Waals surface area (Å²) in [6.07, 6.45) is 0. The molecule has 2 aromatic rings. The zero-order valence-electron chi connectivity index (χ0n) is 10.0. The molecule has 3 heteroatoms. The fourth-order valence-corrected chi connectivity index (χ4v) is 1.62. The predicted molar refractivity (Wildman–Crippen MR) is 72.3 cm³/mol. The van der Waals surface area contributed by atoms with Crippen molar-refractivity contribution < 1.29 is 4.74 Å². The van der Waals surface area contributed by atoms with Crippen molar-refractivity contribution in [3.8, 4) is 5.75 Å². The van der Waals surface area contributed by atoms with E-state index in [1.807, 2.05) is 55.6 Å². The molecular weight excluding hydrogens is 212 g/mol. The first-order chi connectivity index (χ1) is 8.33. The molecule has 0 aromatic heterocycles. The number of hydrogen-bond acceptors (Lipinski definition) is 3. The topological polar surface area (TPSA) is 33.3 Å². The Bertz CT molecular complexity index is 480. The van der Waals surface area contributed by atoms with Crippen LogP contribution in [-0.2, 0) is 0 Å². The third kappa shape index (κ3) is 2.69. The molecule has 0 aliphatic rings. The van der Waals surface area contributed by atoms with Gasteiger partial charge in [0.25, 0.3) is 0 Å². The van der Waals surface area contributed by atoms with Gasteiger partial charge in [-0.2, -0.15) is 0 Å². The molecule has 3 nitrogen and oxygen atoms in total. The average molecular weight is 228 g/mol. The van der Waals surface area contributed by atoms with Crippen molar-refractivity contribution in [1.29, 1.82) is 0 Å². The second-order valence-corrected chi connectivity index (χ2v) is 3.65. The Morgan fingerprint density at radius 2 is 1.53 bits per heavy atom. The summed E-state index contributed by atoms with van der Waals surface area (Å²) in [5.41, 5.74) is 3.09. The lowest BCUT2D eigenvalue weighted by Gasteiger charge is -2.11. The van der Waals surface area contributed by atoms with Gasteiger partial charge in [0.1, 0.15) is 5.75 Å². The minimum absolute atomic E-state index is 0.838. The van der Waals surface area contributed by atoms with Gasteiger partial charge in [-0.1, -0.05) is 12.1 Å². The second kappa shape index (κ2) is 5.25. The molecule has 0 radical (unpaired) electrons. The van der Waals surface area contributed by atoms with Crippen LogP contribution in [0.15, 0.2) is 48.5 Å². The third-order valence-corrected chi connectivity index (χ3v) is 2.56. The van der Waals surface area contributed by atoms with Gasteiger partial charge in [-0.05, 0) is 36.4 Å². The maximum Gasteiger partial charge on any atom is 0.142 e. The van der Waals surface area contributed by atoms with Gasteiger partial charge in [0.15, 0.2) is 0 Å². The van der Waals surface area contributed by atoms with Crippen molar-refractivity contribution in [3.05, 3.63) is 48.5 Å². The molecule has 0 saturated carbocycles. The van der Waals surface area contributed by atoms with Crippen LogP contribution in [0.3, 0.4) is 0 Å². The summed E-state index contributed by atoms with van der Waals surface area (Å²) >= 11 is 0. The quantitative estimate of drug-likeness (QED) is 0.840. The minimum atomic E-state index is 0.838. The summed E-state index contributed by atoms with van der Waals surface area (Å²) in [6.45, 7) is 0. The van der Waals surface area contributed by atoms with Gasteiger partial charge in [-0.15, -0.1) is 0 Å². The molecule has 88 valence electrons. The van der Waals surface area contributed by atoms with Gasteiger partial charge < -0.3 is 15.4 Å². The molecule has 0 aliphatic carbocycles. The summed E-state index contributed by atoms with van der Waals surface area (Å²) in [5, 5.41) is 6.41. The standard InChI is InChI=1S/C14H16N2O/c1-15-11-7-9-12(10-8-11)16-13-5-3-4-6-14(13)17-2/h3-10,15-16H,1-2H3. The van der Waals surface area contributed by atoms with Crippen molar-refractivity contribution in [3.63, 3.8) is 0 Å². The smallest absolute Gasteiger partial charge is 0.142 e. The zero-order valence-corrected chi connectivity index (χ0v) is 10.0. The lowest BCUT2D eigenvalue weighted by Crippen LogP contribution is -1.94. The lowest BCUT2D eigenvalue weighted by molar-refractivity contribution is 0.417. The largest absolute Gasteiger partial charge is 0.495 e. The Balaban J connectivity index is 2.19. The highest BCUT2D eigenvalue weighted by Gasteiger charge is 2.01. The van der Waals surface area contributed by atoms with Crippen LogP contribution in [0.2, 0.25) is 0 Å². The van der Waals surface area contributed by atoms with Crippen LogP contribution in [0, 0.1) is 0 Å². The van der Waals surface area contributed by atoms with Crippen LogP contribution in [-0.4, -0.2) is 14.2 Å². The summed E-state index contributed by atoms with van der Waals surface area (Å²) in [5.74, 6) is 0.838. The SMILES string of the molecule is CNc1ccc(Nc2ccccc2OC)cc1. The molecule has 0 bridgehead atoms. The van der Waals surface area contributed by atoms with Crippen LogP contribution < -0.4 is 15.4 Å². The first kappa shape index (κ1) is 11.3. The van der Waals surface area contributed by atoms with E-state index in [2.05, 4.69) is 10.6 Å². The predicted octanol–water partition coefficient (Wildman–Crippen LogP) is 3.48. The normalized spacial score (nSPS) is 9.76. The van der Waals surface area contributed by atoms with Crippen LogP contribution in [0.25, 0.3) is 0 Å². The van der Waals surface area contributed by atoms with Gasteiger partial charge in [-0.3, -0.25) is 0 Å². The molecule has 2 N–H and O–H groups in total. The Kier molecular flexibility index (Phi) is 3.50. The van der Waals surface area contributed by atoms with Crippen molar-refractivity contribution >= 4 is 17.1 Å². The minimum Gasteiger partial charge on any atom is -0.495 e. The number of rotatable bonds is 4. The summed E-state index contributed by atoms with van der Waals surface area (Å²) in [4.78, 5) is 0. The molecule has 0 atom stereocenters. The first-order valence-corrected chi connectivity index (χ1v) is 5.51. The summed E-state index contributed by atoms with van der Waals surface area (Å²) in [6, 6.07) is 16.0. The summed E-state index contributed by atoms with van der Waals surface area (Å²) < 4.78 is 5.29. The molecule has 0 spiro atoms. The molecule has 2 rings (SSSR count). The Labute approximate surface area is 101 Å². The molecule has 0 saturated heterocycles. The second-order valence-electron chi connectivity index (χ2n) is 3.65. The maximum absolute atomic E-state index is 5.29. The van der Waals surface area contributed by atoms with Crippen LogP contribution in [0.1, 0.15) is 0 Å². The van der Waals surface area contributed by atoms with E-state index in [4.69, 9.17) is 4.74 Å². The van der Waals surface area contributed by atoms with Crippen molar-refractivity contribution in [2.24, 2.45) is 0 Å². The van der Waals surface area contributed by atoms with Crippen molar-refractivity contribution in [1.82, 2.24) is 0 Å². The molecule has 0 aliphatic heterocycles. The summed E-state index contributed by atoms with van der Waals surface area (Å²) in [7, 11) is 3.58. The van der Waals surface area contributed by atoms with E-state index >= 15 is 0 Å². The van der Waals surface area contributed by atoms with Gasteiger partial charge in [0, 0.05) is 18.4 Å². The molecule has 17 heavy (non-hydrogen) atoms.